The average Bonchev–Trinajstić information content (AvgIpc) is 2.29. The third-order valence-electron chi connectivity index (χ3n) is 3.10. The molecule has 1 saturated heterocycles. The van der Waals surface area contributed by atoms with Gasteiger partial charge in [-0.05, 0) is 27.8 Å². The van der Waals surface area contributed by atoms with Crippen LogP contribution < -0.4 is 0 Å². The molecule has 0 N–H and O–H groups in total. The van der Waals surface area contributed by atoms with Crippen LogP contribution in [-0.2, 0) is 14.3 Å². The minimum atomic E-state index is -1.05. The van der Waals surface area contributed by atoms with Crippen LogP contribution in [0, 0.1) is 5.41 Å². The fourth-order valence-corrected chi connectivity index (χ4v) is 3.00. The Morgan fingerprint density at radius 2 is 2.12 bits per heavy atom. The number of Topliss-reactive ketones (excluding diaryl/α,β-unsaturated/α-hetero) is 1. The molecule has 98 valence electrons. The molecule has 0 aromatic rings. The Bertz CT molecular complexity index is 304. The highest BCUT2D eigenvalue weighted by atomic mass is 32.2. The number of carbonyl (C=O) groups is 2. The molecule has 1 unspecified atom stereocenters. The van der Waals surface area contributed by atoms with Gasteiger partial charge in [0.2, 0.25) is 0 Å². The van der Waals surface area contributed by atoms with Crippen molar-refractivity contribution in [3.8, 4) is 0 Å². The van der Waals surface area contributed by atoms with Crippen molar-refractivity contribution in [3.63, 3.8) is 0 Å². The van der Waals surface area contributed by atoms with Gasteiger partial charge in [-0.3, -0.25) is 14.5 Å². The predicted octanol–water partition coefficient (Wildman–Crippen LogP) is 1.19. The van der Waals surface area contributed by atoms with Crippen molar-refractivity contribution < 1.29 is 14.3 Å². The van der Waals surface area contributed by atoms with Crippen molar-refractivity contribution in [2.24, 2.45) is 5.41 Å². The van der Waals surface area contributed by atoms with Gasteiger partial charge in [-0.15, -0.1) is 0 Å². The van der Waals surface area contributed by atoms with E-state index in [4.69, 9.17) is 4.74 Å². The molecule has 1 rings (SSSR count). The molecule has 1 heterocycles. The minimum absolute atomic E-state index is 0.0364. The molecule has 4 nitrogen and oxygen atoms in total. The molecule has 17 heavy (non-hydrogen) atoms. The number of nitrogens with zero attached hydrogens (tertiary/aromatic N) is 1. The van der Waals surface area contributed by atoms with Crippen molar-refractivity contribution in [3.05, 3.63) is 0 Å². The van der Waals surface area contributed by atoms with Gasteiger partial charge in [0, 0.05) is 18.1 Å². The predicted molar refractivity (Wildman–Crippen MR) is 69.2 cm³/mol. The van der Waals surface area contributed by atoms with Crippen LogP contribution in [0.25, 0.3) is 0 Å². The lowest BCUT2D eigenvalue weighted by Crippen LogP contribution is -2.52. The van der Waals surface area contributed by atoms with Crippen LogP contribution >= 0.6 is 11.8 Å². The van der Waals surface area contributed by atoms with E-state index < -0.39 is 11.4 Å². The summed E-state index contributed by atoms with van der Waals surface area (Å²) in [6, 6.07) is -0.173. The van der Waals surface area contributed by atoms with E-state index in [0.29, 0.717) is 6.61 Å². The molecule has 0 amide bonds. The van der Waals surface area contributed by atoms with E-state index in [-0.39, 0.29) is 11.8 Å². The lowest BCUT2D eigenvalue weighted by molar-refractivity contribution is -0.159. The number of hydrogen-bond donors (Lipinski definition) is 0. The van der Waals surface area contributed by atoms with Crippen LogP contribution in [0.15, 0.2) is 0 Å². The van der Waals surface area contributed by atoms with Crippen LogP contribution in [0.3, 0.4) is 0 Å². The first-order valence-corrected chi connectivity index (χ1v) is 7.06. The first-order valence-electron chi connectivity index (χ1n) is 5.90. The number of ether oxygens (including phenoxy) is 1. The maximum absolute atomic E-state index is 12.4. The largest absolute Gasteiger partial charge is 0.465 e. The van der Waals surface area contributed by atoms with E-state index >= 15 is 0 Å². The second-order valence-corrected chi connectivity index (χ2v) is 5.93. The van der Waals surface area contributed by atoms with Gasteiger partial charge in [0.05, 0.1) is 12.6 Å². The van der Waals surface area contributed by atoms with Crippen molar-refractivity contribution >= 4 is 23.5 Å². The van der Waals surface area contributed by atoms with Crippen molar-refractivity contribution in [2.45, 2.75) is 26.8 Å². The standard InChI is InChI=1S/C12H21NO3S/c1-5-16-11(15)12(2,3)10(14)9-8-17-7-6-13(9)4/h9H,5-8H2,1-4H3. The van der Waals surface area contributed by atoms with E-state index in [2.05, 4.69) is 0 Å². The zero-order valence-corrected chi connectivity index (χ0v) is 11.8. The molecule has 1 aliphatic rings. The monoisotopic (exact) mass is 259 g/mol. The smallest absolute Gasteiger partial charge is 0.319 e. The third-order valence-corrected chi connectivity index (χ3v) is 4.12. The summed E-state index contributed by atoms with van der Waals surface area (Å²) in [6.07, 6.45) is 0. The quantitative estimate of drug-likeness (QED) is 0.560. The summed E-state index contributed by atoms with van der Waals surface area (Å²) in [5.41, 5.74) is -1.05. The summed E-state index contributed by atoms with van der Waals surface area (Å²) in [5, 5.41) is 0. The molecular formula is C12H21NO3S. The second kappa shape index (κ2) is 5.87. The molecule has 0 radical (unpaired) electrons. The number of likely N-dealkylation sites (N-methyl/N-ethyl adjacent to an activating group) is 1. The maximum atomic E-state index is 12.4. The van der Waals surface area contributed by atoms with Crippen molar-refractivity contribution in [2.75, 3.05) is 31.7 Å². The highest BCUT2D eigenvalue weighted by molar-refractivity contribution is 7.99. The highest BCUT2D eigenvalue weighted by Gasteiger charge is 2.43. The molecule has 0 aromatic heterocycles. The molecule has 1 atom stereocenters. The third kappa shape index (κ3) is 3.22. The lowest BCUT2D eigenvalue weighted by atomic mass is 9.84. The van der Waals surface area contributed by atoms with Gasteiger partial charge in [0.1, 0.15) is 5.41 Å². The first-order chi connectivity index (χ1) is 7.91. The molecule has 1 fully saturated rings. The molecule has 1 aliphatic heterocycles. The Hall–Kier alpha value is -0.550. The molecule has 5 heteroatoms. The van der Waals surface area contributed by atoms with E-state index in [1.165, 1.54) is 0 Å². The minimum Gasteiger partial charge on any atom is -0.465 e. The van der Waals surface area contributed by atoms with Crippen LogP contribution in [0.4, 0.5) is 0 Å². The summed E-state index contributed by atoms with van der Waals surface area (Å²) < 4.78 is 4.97. The highest BCUT2D eigenvalue weighted by Crippen LogP contribution is 2.26. The molecule has 0 saturated carbocycles. The van der Waals surface area contributed by atoms with Crippen molar-refractivity contribution in [1.29, 1.82) is 0 Å². The van der Waals surface area contributed by atoms with Gasteiger partial charge in [-0.1, -0.05) is 0 Å². The fraction of sp³-hybridized carbons (Fsp3) is 0.833. The van der Waals surface area contributed by atoms with Gasteiger partial charge in [-0.25, -0.2) is 0 Å². The summed E-state index contributed by atoms with van der Waals surface area (Å²) in [5.74, 6) is 1.35. The lowest BCUT2D eigenvalue weighted by Gasteiger charge is -2.35. The van der Waals surface area contributed by atoms with E-state index in [1.54, 1.807) is 32.5 Å². The van der Waals surface area contributed by atoms with Gasteiger partial charge in [0.15, 0.2) is 5.78 Å². The number of ketones is 1. The summed E-state index contributed by atoms with van der Waals surface area (Å²) in [7, 11) is 1.93. The van der Waals surface area contributed by atoms with Crippen LogP contribution in [0.2, 0.25) is 0 Å². The van der Waals surface area contributed by atoms with Gasteiger partial charge >= 0.3 is 5.97 Å². The summed E-state index contributed by atoms with van der Waals surface area (Å²) >= 11 is 1.76. The molecule has 0 aromatic carbocycles. The van der Waals surface area contributed by atoms with E-state index in [9.17, 15) is 9.59 Å². The maximum Gasteiger partial charge on any atom is 0.319 e. The van der Waals surface area contributed by atoms with E-state index in [0.717, 1.165) is 18.1 Å². The van der Waals surface area contributed by atoms with E-state index in [1.807, 2.05) is 11.9 Å². The molecule has 0 aliphatic carbocycles. The Kier molecular flexibility index (Phi) is 5.01. The zero-order valence-electron chi connectivity index (χ0n) is 11.0. The number of thioether (sulfide) groups is 1. The summed E-state index contributed by atoms with van der Waals surface area (Å²) in [4.78, 5) is 26.2. The Balaban J connectivity index is 2.76. The number of hydrogen-bond acceptors (Lipinski definition) is 5. The van der Waals surface area contributed by atoms with Gasteiger partial charge < -0.3 is 4.74 Å². The fourth-order valence-electron chi connectivity index (χ4n) is 1.79. The topological polar surface area (TPSA) is 46.6 Å². The SMILES string of the molecule is CCOC(=O)C(C)(C)C(=O)C1CSCCN1C. The second-order valence-electron chi connectivity index (χ2n) is 4.78. The van der Waals surface area contributed by atoms with Crippen LogP contribution in [0.1, 0.15) is 20.8 Å². The number of rotatable bonds is 4. The van der Waals surface area contributed by atoms with Crippen molar-refractivity contribution in [1.82, 2.24) is 4.90 Å². The average molecular weight is 259 g/mol. The normalized spacial score (nSPS) is 22.2. The first kappa shape index (κ1) is 14.5. The molecular weight excluding hydrogens is 238 g/mol. The van der Waals surface area contributed by atoms with Crippen LogP contribution in [-0.4, -0.2) is 54.4 Å². The summed E-state index contributed by atoms with van der Waals surface area (Å²) in [6.45, 7) is 6.26. The van der Waals surface area contributed by atoms with Crippen LogP contribution in [0.5, 0.6) is 0 Å². The van der Waals surface area contributed by atoms with Gasteiger partial charge in [0.25, 0.3) is 0 Å². The number of carbonyl (C=O) groups excluding carboxylic acids is 2. The Morgan fingerprint density at radius 3 is 2.65 bits per heavy atom. The Morgan fingerprint density at radius 1 is 1.47 bits per heavy atom. The molecule has 0 bridgehead atoms. The number of esters is 1. The zero-order chi connectivity index (χ0) is 13.1. The van der Waals surface area contributed by atoms with Gasteiger partial charge in [-0.2, -0.15) is 11.8 Å². The molecule has 0 spiro atoms. The Labute approximate surface area is 107 Å².